The van der Waals surface area contributed by atoms with E-state index in [9.17, 15) is 0 Å². The van der Waals surface area contributed by atoms with E-state index in [0.29, 0.717) is 12.8 Å². The summed E-state index contributed by atoms with van der Waals surface area (Å²) in [5, 5.41) is 17.4. The summed E-state index contributed by atoms with van der Waals surface area (Å²) in [4.78, 5) is 2.77. The molecule has 8 heteroatoms. The van der Waals surface area contributed by atoms with E-state index in [0.717, 1.165) is 11.5 Å². The van der Waals surface area contributed by atoms with Crippen molar-refractivity contribution in [3.05, 3.63) is 26.8 Å². The predicted octanol–water partition coefficient (Wildman–Crippen LogP) is 6.74. The molecular formula is C14H14N2S6. The van der Waals surface area contributed by atoms with Crippen LogP contribution in [0.15, 0.2) is 26.8 Å². The molecule has 116 valence electrons. The van der Waals surface area contributed by atoms with Crippen LogP contribution in [0.3, 0.4) is 0 Å². The summed E-state index contributed by atoms with van der Waals surface area (Å²) < 4.78 is 5.33. The molecule has 0 bridgehead atoms. The van der Waals surface area contributed by atoms with Gasteiger partial charge in [-0.15, -0.1) is 23.5 Å². The van der Waals surface area contributed by atoms with E-state index < -0.39 is 0 Å². The van der Waals surface area contributed by atoms with E-state index in [-0.39, 0.29) is 0 Å². The molecule has 0 fully saturated rings. The van der Waals surface area contributed by atoms with Crippen molar-refractivity contribution in [3.8, 4) is 12.1 Å². The minimum absolute atomic E-state index is 0.574. The maximum Gasteiger partial charge on any atom is 0.0717 e. The summed E-state index contributed by atoms with van der Waals surface area (Å²) in [6.07, 6.45) is 1.15. The topological polar surface area (TPSA) is 47.6 Å². The number of nitrogens with zero attached hydrogens (tertiary/aromatic N) is 2. The summed E-state index contributed by atoms with van der Waals surface area (Å²) in [5.41, 5.74) is 0. The molecule has 0 aromatic rings. The molecule has 0 saturated heterocycles. The smallest absolute Gasteiger partial charge is 0.0717 e. The fourth-order valence-corrected chi connectivity index (χ4v) is 9.94. The molecular weight excluding hydrogens is 389 g/mol. The Labute approximate surface area is 157 Å². The van der Waals surface area contributed by atoms with Crippen LogP contribution in [0.2, 0.25) is 0 Å². The fourth-order valence-electron chi connectivity index (χ4n) is 1.44. The highest BCUT2D eigenvalue weighted by molar-refractivity contribution is 8.42. The van der Waals surface area contributed by atoms with Crippen LogP contribution in [-0.2, 0) is 0 Å². The molecule has 0 atom stereocenters. The van der Waals surface area contributed by atoms with Crippen molar-refractivity contribution < 1.29 is 0 Å². The van der Waals surface area contributed by atoms with Crippen molar-refractivity contribution in [2.45, 2.75) is 26.7 Å². The highest BCUT2D eigenvalue weighted by Crippen LogP contribution is 2.63. The Morgan fingerprint density at radius 3 is 1.59 bits per heavy atom. The van der Waals surface area contributed by atoms with E-state index in [1.54, 1.807) is 23.5 Å². The van der Waals surface area contributed by atoms with Crippen LogP contribution in [0.25, 0.3) is 0 Å². The zero-order valence-electron chi connectivity index (χ0n) is 12.2. The normalized spacial score (nSPS) is 18.2. The van der Waals surface area contributed by atoms with E-state index in [4.69, 9.17) is 10.5 Å². The number of nitriles is 2. The first-order valence-electron chi connectivity index (χ1n) is 6.52. The molecule has 2 aliphatic heterocycles. The van der Waals surface area contributed by atoms with Gasteiger partial charge >= 0.3 is 0 Å². The van der Waals surface area contributed by atoms with Crippen molar-refractivity contribution in [2.24, 2.45) is 0 Å². The SMILES string of the molecule is CC1=C(C)SC(=C2SC(SCCC#N)=C(SCCC#N)S2)S1. The molecule has 0 unspecified atom stereocenters. The zero-order chi connectivity index (χ0) is 15.9. The second kappa shape index (κ2) is 9.56. The van der Waals surface area contributed by atoms with Gasteiger partial charge in [0, 0.05) is 24.3 Å². The zero-order valence-corrected chi connectivity index (χ0v) is 17.1. The van der Waals surface area contributed by atoms with Crippen molar-refractivity contribution in [1.82, 2.24) is 0 Å². The lowest BCUT2D eigenvalue weighted by Gasteiger charge is -2.01. The van der Waals surface area contributed by atoms with Crippen LogP contribution < -0.4 is 0 Å². The second-order valence-corrected chi connectivity index (χ2v) is 11.9. The van der Waals surface area contributed by atoms with Crippen LogP contribution >= 0.6 is 70.6 Å². The first kappa shape index (κ1) is 18.6. The molecule has 0 N–H and O–H groups in total. The molecule has 0 saturated carbocycles. The first-order chi connectivity index (χ1) is 10.7. The Kier molecular flexibility index (Phi) is 8.10. The van der Waals surface area contributed by atoms with Gasteiger partial charge in [-0.1, -0.05) is 47.0 Å². The van der Waals surface area contributed by atoms with Gasteiger partial charge in [-0.3, -0.25) is 0 Å². The monoisotopic (exact) mass is 402 g/mol. The Morgan fingerprint density at radius 2 is 1.18 bits per heavy atom. The standard InChI is InChI=1S/C14H14N2S6/c1-9-10(2)20-13(19-9)14-21-11(17-7-3-5-15)12(22-14)18-8-4-6-16/h3-4,7-8H2,1-2H3. The Hall–Kier alpha value is 0.300. The largest absolute Gasteiger partial charge is 0.198 e. The quantitative estimate of drug-likeness (QED) is 0.452. The maximum atomic E-state index is 8.71. The van der Waals surface area contributed by atoms with Crippen LogP contribution in [0, 0.1) is 22.7 Å². The van der Waals surface area contributed by atoms with Gasteiger partial charge in [-0.05, 0) is 23.7 Å². The average Bonchev–Trinajstić information content (AvgIpc) is 3.04. The number of thioether (sulfide) groups is 6. The Balaban J connectivity index is 2.04. The van der Waals surface area contributed by atoms with Crippen molar-refractivity contribution in [3.63, 3.8) is 0 Å². The molecule has 0 aromatic carbocycles. The summed E-state index contributed by atoms with van der Waals surface area (Å²) in [5.74, 6) is 1.67. The van der Waals surface area contributed by atoms with Crippen molar-refractivity contribution in [2.75, 3.05) is 11.5 Å². The summed E-state index contributed by atoms with van der Waals surface area (Å²) in [6.45, 7) is 4.34. The lowest BCUT2D eigenvalue weighted by atomic mass is 10.6. The molecule has 0 aliphatic carbocycles. The van der Waals surface area contributed by atoms with Gasteiger partial charge in [0.1, 0.15) is 0 Å². The summed E-state index contributed by atoms with van der Waals surface area (Å²) >= 11 is 10.9. The van der Waals surface area contributed by atoms with Crippen LogP contribution in [0.5, 0.6) is 0 Å². The molecule has 2 heterocycles. The molecule has 2 nitrogen and oxygen atoms in total. The van der Waals surface area contributed by atoms with Crippen molar-refractivity contribution >= 4 is 70.6 Å². The van der Waals surface area contributed by atoms with Crippen LogP contribution in [0.1, 0.15) is 26.7 Å². The number of rotatable bonds is 6. The molecule has 0 spiro atoms. The highest BCUT2D eigenvalue weighted by atomic mass is 32.3. The first-order valence-corrected chi connectivity index (χ1v) is 11.8. The van der Waals surface area contributed by atoms with E-state index in [1.807, 2.05) is 47.0 Å². The fraction of sp³-hybridized carbons (Fsp3) is 0.429. The van der Waals surface area contributed by atoms with Gasteiger partial charge < -0.3 is 0 Å². The second-order valence-electron chi connectivity index (χ2n) is 4.18. The van der Waals surface area contributed by atoms with Crippen molar-refractivity contribution in [1.29, 1.82) is 10.5 Å². The Morgan fingerprint density at radius 1 is 0.773 bits per heavy atom. The molecule has 0 amide bonds. The molecule has 2 rings (SSSR count). The summed E-state index contributed by atoms with van der Waals surface area (Å²) in [6, 6.07) is 4.40. The Bertz CT molecular complexity index is 570. The van der Waals surface area contributed by atoms with Gasteiger partial charge in [0.15, 0.2) is 0 Å². The van der Waals surface area contributed by atoms with Crippen LogP contribution in [0.4, 0.5) is 0 Å². The van der Waals surface area contributed by atoms with E-state index in [2.05, 4.69) is 26.0 Å². The molecule has 22 heavy (non-hydrogen) atoms. The van der Waals surface area contributed by atoms with E-state index in [1.165, 1.54) is 26.8 Å². The number of hydrogen-bond donors (Lipinski definition) is 0. The van der Waals surface area contributed by atoms with E-state index >= 15 is 0 Å². The third-order valence-corrected chi connectivity index (χ3v) is 11.3. The third kappa shape index (κ3) is 5.15. The summed E-state index contributed by atoms with van der Waals surface area (Å²) in [7, 11) is 0. The molecule has 0 aromatic heterocycles. The molecule has 2 aliphatic rings. The minimum Gasteiger partial charge on any atom is -0.198 e. The lowest BCUT2D eigenvalue weighted by Crippen LogP contribution is -1.79. The predicted molar refractivity (Wildman–Crippen MR) is 108 cm³/mol. The lowest BCUT2D eigenvalue weighted by molar-refractivity contribution is 1.24. The van der Waals surface area contributed by atoms with Gasteiger partial charge in [-0.25, -0.2) is 0 Å². The van der Waals surface area contributed by atoms with Gasteiger partial charge in [0.25, 0.3) is 0 Å². The third-order valence-electron chi connectivity index (χ3n) is 2.59. The maximum absolute atomic E-state index is 8.71. The van der Waals surface area contributed by atoms with Crippen LogP contribution in [-0.4, -0.2) is 11.5 Å². The average molecular weight is 403 g/mol. The number of hydrogen-bond acceptors (Lipinski definition) is 8. The number of allylic oxidation sites excluding steroid dienone is 2. The molecule has 0 radical (unpaired) electrons. The minimum atomic E-state index is 0.574. The van der Waals surface area contributed by atoms with Gasteiger partial charge in [-0.2, -0.15) is 10.5 Å². The highest BCUT2D eigenvalue weighted by Gasteiger charge is 2.28. The van der Waals surface area contributed by atoms with Gasteiger partial charge in [0.2, 0.25) is 0 Å². The van der Waals surface area contributed by atoms with Gasteiger partial charge in [0.05, 0.1) is 29.1 Å².